The van der Waals surface area contributed by atoms with Gasteiger partial charge in [0, 0.05) is 0 Å². The number of rotatable bonds is 2. The van der Waals surface area contributed by atoms with Crippen LogP contribution in [-0.2, 0) is 9.47 Å². The largest absolute Gasteiger partial charge is 0.447 e. The summed E-state index contributed by atoms with van der Waals surface area (Å²) in [5, 5.41) is 10.9. The Morgan fingerprint density at radius 1 is 1.00 bits per heavy atom. The number of hydrogen-bond donors (Lipinski definition) is 2. The van der Waals surface area contributed by atoms with Crippen LogP contribution in [-0.4, -0.2) is 36.1 Å². The zero-order valence-electron chi connectivity index (χ0n) is 21.0. The first-order valence-corrected chi connectivity index (χ1v) is 13.8. The zero-order valence-corrected chi connectivity index (χ0v) is 21.0. The zero-order chi connectivity index (χ0) is 23.2. The molecule has 7 fully saturated rings. The van der Waals surface area contributed by atoms with Gasteiger partial charge in [0.15, 0.2) is 0 Å². The molecule has 7 aliphatic rings. The summed E-state index contributed by atoms with van der Waals surface area (Å²) in [5.41, 5.74) is 6.75. The lowest BCUT2D eigenvalue weighted by Crippen LogP contribution is -2.63. The van der Waals surface area contributed by atoms with Crippen molar-refractivity contribution in [2.24, 2.45) is 51.1 Å². The summed E-state index contributed by atoms with van der Waals surface area (Å²) >= 11 is 0. The van der Waals surface area contributed by atoms with Crippen molar-refractivity contribution in [1.82, 2.24) is 0 Å². The molecule has 2 bridgehead atoms. The highest BCUT2D eigenvalue weighted by Crippen LogP contribution is 2.78. The van der Waals surface area contributed by atoms with E-state index in [4.69, 9.17) is 15.2 Å². The van der Waals surface area contributed by atoms with Crippen LogP contribution in [0.1, 0.15) is 97.8 Å². The molecule has 186 valence electrons. The van der Waals surface area contributed by atoms with Crippen molar-refractivity contribution in [1.29, 1.82) is 0 Å². The van der Waals surface area contributed by atoms with Crippen LogP contribution >= 0.6 is 0 Å². The molecule has 6 saturated carbocycles. The van der Waals surface area contributed by atoms with E-state index in [2.05, 4.69) is 20.8 Å². The number of ether oxygens (including phenoxy) is 2. The van der Waals surface area contributed by atoms with E-state index in [0.717, 1.165) is 24.7 Å². The number of carbonyl (C=O) groups is 1. The van der Waals surface area contributed by atoms with Crippen LogP contribution in [0, 0.1) is 45.3 Å². The highest BCUT2D eigenvalue weighted by molar-refractivity contribution is 5.64. The minimum Gasteiger partial charge on any atom is -0.447 e. The second-order valence-electron chi connectivity index (χ2n) is 14.2. The van der Waals surface area contributed by atoms with Crippen molar-refractivity contribution in [2.75, 3.05) is 6.61 Å². The number of amides is 1. The van der Waals surface area contributed by atoms with E-state index < -0.39 is 6.09 Å². The first-order chi connectivity index (χ1) is 15.6. The minimum atomic E-state index is -0.696. The van der Waals surface area contributed by atoms with Crippen molar-refractivity contribution in [3.8, 4) is 0 Å². The van der Waals surface area contributed by atoms with E-state index in [-0.39, 0.29) is 17.6 Å². The Morgan fingerprint density at radius 3 is 2.55 bits per heavy atom. The number of nitrogens with two attached hydrogens (primary N) is 1. The number of aliphatic hydroxyl groups is 1. The van der Waals surface area contributed by atoms with Crippen molar-refractivity contribution in [3.05, 3.63) is 0 Å². The predicted octanol–water partition coefficient (Wildman–Crippen LogP) is 5.43. The number of primary amides is 1. The van der Waals surface area contributed by atoms with E-state index >= 15 is 0 Å². The third-order valence-corrected chi connectivity index (χ3v) is 12.3. The molecule has 6 aliphatic carbocycles. The fourth-order valence-electron chi connectivity index (χ4n) is 10.9. The molecule has 1 amide bonds. The van der Waals surface area contributed by atoms with Crippen molar-refractivity contribution >= 4 is 6.09 Å². The van der Waals surface area contributed by atoms with Gasteiger partial charge in [-0.25, -0.2) is 4.79 Å². The van der Waals surface area contributed by atoms with Gasteiger partial charge in [0.1, 0.15) is 6.61 Å². The molecule has 3 N–H and O–H groups in total. The molecule has 1 saturated heterocycles. The summed E-state index contributed by atoms with van der Waals surface area (Å²) in [7, 11) is 0. The lowest BCUT2D eigenvalue weighted by atomic mass is 9.35. The van der Waals surface area contributed by atoms with Gasteiger partial charge in [-0.1, -0.05) is 20.8 Å². The van der Waals surface area contributed by atoms with Crippen LogP contribution in [0.2, 0.25) is 0 Å². The molecule has 1 heterocycles. The van der Waals surface area contributed by atoms with Crippen molar-refractivity contribution < 1.29 is 19.4 Å². The maximum absolute atomic E-state index is 11.1. The first kappa shape index (κ1) is 22.6. The fraction of sp³-hybridized carbons (Fsp3) is 0.964. The van der Waals surface area contributed by atoms with Gasteiger partial charge >= 0.3 is 6.09 Å². The molecule has 0 aromatic heterocycles. The molecule has 8 unspecified atom stereocenters. The van der Waals surface area contributed by atoms with E-state index in [1.807, 2.05) is 0 Å². The third-order valence-electron chi connectivity index (χ3n) is 12.3. The summed E-state index contributed by atoms with van der Waals surface area (Å²) < 4.78 is 11.7. The summed E-state index contributed by atoms with van der Waals surface area (Å²) in [6, 6.07) is 0. The molecule has 8 atom stereocenters. The van der Waals surface area contributed by atoms with Crippen LogP contribution in [0.15, 0.2) is 0 Å². The molecule has 2 spiro atoms. The third kappa shape index (κ3) is 3.27. The van der Waals surface area contributed by atoms with Crippen LogP contribution in [0.4, 0.5) is 4.79 Å². The van der Waals surface area contributed by atoms with E-state index in [1.165, 1.54) is 64.2 Å². The molecule has 33 heavy (non-hydrogen) atoms. The number of fused-ring (bicyclic) bond motifs is 3. The lowest BCUT2D eigenvalue weighted by molar-refractivity contribution is -0.226. The first-order valence-electron chi connectivity index (χ1n) is 13.8. The number of aliphatic hydroxyl groups excluding tert-OH is 1. The molecule has 5 nitrogen and oxygen atoms in total. The lowest BCUT2D eigenvalue weighted by Gasteiger charge is -2.70. The van der Waals surface area contributed by atoms with Gasteiger partial charge in [-0.3, -0.25) is 0 Å². The Kier molecular flexibility index (Phi) is 5.04. The van der Waals surface area contributed by atoms with Gasteiger partial charge < -0.3 is 20.3 Å². The molecule has 5 heteroatoms. The standard InChI is InChI=1S/C28H45NO4/c1-25(2)22-7-6-19-20-12-21-17(4-5-18(33-21)14-32-24(29)31)13-26(20,3)10-11-27(19)15-28(22,16-27)9-8-23(25)30/h17-23,30H,4-16H2,1-3H3,(H2,29,31). The molecule has 1 aliphatic heterocycles. The van der Waals surface area contributed by atoms with E-state index in [0.29, 0.717) is 40.8 Å². The minimum absolute atomic E-state index is 0.00641. The van der Waals surface area contributed by atoms with Gasteiger partial charge in [0.2, 0.25) is 0 Å². The number of hydrogen-bond acceptors (Lipinski definition) is 4. The summed E-state index contributed by atoms with van der Waals surface area (Å²) in [5.74, 6) is 2.88. The van der Waals surface area contributed by atoms with Gasteiger partial charge in [-0.15, -0.1) is 0 Å². The van der Waals surface area contributed by atoms with Gasteiger partial charge in [0.05, 0.1) is 18.3 Å². The SMILES string of the molecule is CC12CCC34CC5(CCC(O)C(C)(C)C5CCC3C1CC1OC(COC(N)=O)CCC1C2)C4. The Labute approximate surface area is 199 Å². The van der Waals surface area contributed by atoms with E-state index in [1.54, 1.807) is 0 Å². The fourth-order valence-corrected chi connectivity index (χ4v) is 10.9. The molecule has 0 aromatic carbocycles. The smallest absolute Gasteiger partial charge is 0.404 e. The molecular formula is C28H45NO4. The van der Waals surface area contributed by atoms with Gasteiger partial charge in [0.25, 0.3) is 0 Å². The van der Waals surface area contributed by atoms with Gasteiger partial charge in [-0.05, 0) is 122 Å². The quantitative estimate of drug-likeness (QED) is 0.577. The summed E-state index contributed by atoms with van der Waals surface area (Å²) in [6.45, 7) is 7.60. The van der Waals surface area contributed by atoms with Gasteiger partial charge in [-0.2, -0.15) is 0 Å². The summed E-state index contributed by atoms with van der Waals surface area (Å²) in [6.07, 6.45) is 14.7. The average Bonchev–Trinajstić information content (AvgIpc) is 2.98. The molecule has 7 rings (SSSR count). The highest BCUT2D eigenvalue weighted by atomic mass is 16.6. The molecule has 0 aromatic rings. The topological polar surface area (TPSA) is 81.8 Å². The Balaban J connectivity index is 1.23. The Morgan fingerprint density at radius 2 is 1.79 bits per heavy atom. The monoisotopic (exact) mass is 459 g/mol. The van der Waals surface area contributed by atoms with Crippen LogP contribution < -0.4 is 5.73 Å². The normalized spacial score (nSPS) is 54.4. The van der Waals surface area contributed by atoms with Crippen LogP contribution in [0.5, 0.6) is 0 Å². The van der Waals surface area contributed by atoms with E-state index in [9.17, 15) is 9.90 Å². The number of carbonyl (C=O) groups excluding carboxylic acids is 1. The second kappa shape index (κ2) is 7.35. The van der Waals surface area contributed by atoms with Crippen molar-refractivity contribution in [3.63, 3.8) is 0 Å². The van der Waals surface area contributed by atoms with Crippen molar-refractivity contribution in [2.45, 2.75) is 116 Å². The molecular weight excluding hydrogens is 414 g/mol. The van der Waals surface area contributed by atoms with Crippen LogP contribution in [0.3, 0.4) is 0 Å². The summed E-state index contributed by atoms with van der Waals surface area (Å²) in [4.78, 5) is 11.1. The second-order valence-corrected chi connectivity index (χ2v) is 14.2. The highest BCUT2D eigenvalue weighted by Gasteiger charge is 2.70. The van der Waals surface area contributed by atoms with Crippen LogP contribution in [0.25, 0.3) is 0 Å². The maximum atomic E-state index is 11.1. The predicted molar refractivity (Wildman–Crippen MR) is 126 cm³/mol. The maximum Gasteiger partial charge on any atom is 0.404 e. The molecule has 0 radical (unpaired) electrons. The Bertz CT molecular complexity index is 804. The average molecular weight is 460 g/mol. The Hall–Kier alpha value is -0.810.